The molecule has 0 aromatic carbocycles. The number of rotatable bonds is 3. The average molecular weight is 222 g/mol. The van der Waals surface area contributed by atoms with E-state index in [2.05, 4.69) is 5.92 Å². The molecular formula is C13H18O3. The second kappa shape index (κ2) is 5.72. The maximum Gasteiger partial charge on any atom is 0.306 e. The van der Waals surface area contributed by atoms with Crippen LogP contribution in [0.25, 0.3) is 0 Å². The van der Waals surface area contributed by atoms with Gasteiger partial charge in [0.25, 0.3) is 0 Å². The molecule has 3 heteroatoms. The Balaban J connectivity index is 2.72. The van der Waals surface area contributed by atoms with Gasteiger partial charge in [-0.25, -0.2) is 0 Å². The summed E-state index contributed by atoms with van der Waals surface area (Å²) in [6, 6.07) is 0. The van der Waals surface area contributed by atoms with Gasteiger partial charge in [-0.05, 0) is 18.9 Å². The van der Waals surface area contributed by atoms with Crippen LogP contribution in [0.5, 0.6) is 0 Å². The normalized spacial score (nSPS) is 25.1. The van der Waals surface area contributed by atoms with E-state index in [0.717, 1.165) is 17.6 Å². The summed E-state index contributed by atoms with van der Waals surface area (Å²) >= 11 is 0. The van der Waals surface area contributed by atoms with Crippen LogP contribution in [0.1, 0.15) is 39.5 Å². The van der Waals surface area contributed by atoms with Crippen LogP contribution < -0.4 is 0 Å². The van der Waals surface area contributed by atoms with Crippen LogP contribution in [0.3, 0.4) is 0 Å². The first-order valence-corrected chi connectivity index (χ1v) is 5.62. The molecule has 0 aromatic heterocycles. The molecule has 0 radical (unpaired) electrons. The Morgan fingerprint density at radius 3 is 2.94 bits per heavy atom. The minimum atomic E-state index is -0.505. The summed E-state index contributed by atoms with van der Waals surface area (Å²) in [5, 5.41) is 9.62. The van der Waals surface area contributed by atoms with E-state index < -0.39 is 6.10 Å². The van der Waals surface area contributed by atoms with Crippen molar-refractivity contribution in [2.45, 2.75) is 51.7 Å². The number of aliphatic hydroxyl groups excluding tert-OH is 1. The van der Waals surface area contributed by atoms with Crippen LogP contribution >= 0.6 is 0 Å². The minimum absolute atomic E-state index is 0.225. The lowest BCUT2D eigenvalue weighted by Crippen LogP contribution is -2.30. The molecule has 0 saturated carbocycles. The minimum Gasteiger partial charge on any atom is -0.458 e. The molecular weight excluding hydrogens is 204 g/mol. The zero-order valence-electron chi connectivity index (χ0n) is 9.82. The van der Waals surface area contributed by atoms with Gasteiger partial charge in [0.1, 0.15) is 6.10 Å². The van der Waals surface area contributed by atoms with Crippen LogP contribution in [-0.4, -0.2) is 23.3 Å². The van der Waals surface area contributed by atoms with Crippen molar-refractivity contribution in [2.24, 2.45) is 0 Å². The number of carbonyl (C=O) groups is 1. The van der Waals surface area contributed by atoms with E-state index in [0.29, 0.717) is 19.3 Å². The van der Waals surface area contributed by atoms with Crippen molar-refractivity contribution in [3.05, 3.63) is 11.1 Å². The summed E-state index contributed by atoms with van der Waals surface area (Å²) in [7, 11) is 0. The van der Waals surface area contributed by atoms with Crippen molar-refractivity contribution in [3.63, 3.8) is 0 Å². The number of hydrogen-bond donors (Lipinski definition) is 1. The molecule has 0 unspecified atom stereocenters. The van der Waals surface area contributed by atoms with Crippen LogP contribution in [0, 0.1) is 12.3 Å². The number of aliphatic hydroxyl groups is 1. The molecule has 0 aromatic rings. The molecule has 0 bridgehead atoms. The second-order valence-corrected chi connectivity index (χ2v) is 4.13. The zero-order chi connectivity index (χ0) is 12.1. The van der Waals surface area contributed by atoms with Crippen LogP contribution in [0.15, 0.2) is 11.1 Å². The molecule has 0 aliphatic heterocycles. The van der Waals surface area contributed by atoms with E-state index in [9.17, 15) is 9.90 Å². The highest BCUT2D eigenvalue weighted by molar-refractivity contribution is 5.69. The van der Waals surface area contributed by atoms with E-state index in [-0.39, 0.29) is 12.1 Å². The maximum atomic E-state index is 11.4. The predicted molar refractivity (Wildman–Crippen MR) is 61.6 cm³/mol. The topological polar surface area (TPSA) is 46.5 Å². The molecule has 0 heterocycles. The Hall–Kier alpha value is -1.27. The SMILES string of the molecule is C#CC1=C(C)[C@H](OC(=O)CCC)C[C@H](O)C1. The Labute approximate surface area is 96.5 Å². The molecule has 1 rings (SSSR count). The van der Waals surface area contributed by atoms with Crippen molar-refractivity contribution in [2.75, 3.05) is 0 Å². The third-order valence-electron chi connectivity index (χ3n) is 2.79. The molecule has 0 fully saturated rings. The number of terminal acetylenes is 1. The quantitative estimate of drug-likeness (QED) is 0.585. The van der Waals surface area contributed by atoms with Gasteiger partial charge in [0.2, 0.25) is 0 Å². The first-order chi connectivity index (χ1) is 7.58. The first kappa shape index (κ1) is 12.8. The van der Waals surface area contributed by atoms with Gasteiger partial charge in [-0.1, -0.05) is 12.8 Å². The molecule has 1 aliphatic rings. The fourth-order valence-corrected chi connectivity index (χ4v) is 1.83. The molecule has 0 amide bonds. The van der Waals surface area contributed by atoms with Gasteiger partial charge in [-0.3, -0.25) is 4.79 Å². The standard InChI is InChI=1S/C13H18O3/c1-4-6-13(15)16-12-8-11(14)7-10(5-2)9(12)3/h2,11-12,14H,4,6-8H2,1,3H3/t11-,12-/m1/s1. The summed E-state index contributed by atoms with van der Waals surface area (Å²) in [6.45, 7) is 3.79. The molecule has 1 N–H and O–H groups in total. The summed E-state index contributed by atoms with van der Waals surface area (Å²) in [5.41, 5.74) is 1.66. The van der Waals surface area contributed by atoms with Gasteiger partial charge in [0.15, 0.2) is 0 Å². The van der Waals surface area contributed by atoms with E-state index >= 15 is 0 Å². The van der Waals surface area contributed by atoms with Gasteiger partial charge in [-0.15, -0.1) is 6.42 Å². The lowest BCUT2D eigenvalue weighted by atomic mass is 9.88. The van der Waals surface area contributed by atoms with Crippen molar-refractivity contribution in [1.29, 1.82) is 0 Å². The van der Waals surface area contributed by atoms with Crippen molar-refractivity contribution >= 4 is 5.97 Å². The first-order valence-electron chi connectivity index (χ1n) is 5.62. The third-order valence-corrected chi connectivity index (χ3v) is 2.79. The second-order valence-electron chi connectivity index (χ2n) is 4.13. The monoisotopic (exact) mass is 222 g/mol. The maximum absolute atomic E-state index is 11.4. The van der Waals surface area contributed by atoms with Gasteiger partial charge in [0, 0.05) is 24.8 Å². The van der Waals surface area contributed by atoms with Gasteiger partial charge >= 0.3 is 5.97 Å². The molecule has 88 valence electrons. The smallest absolute Gasteiger partial charge is 0.306 e. The third kappa shape index (κ3) is 3.11. The van der Waals surface area contributed by atoms with Gasteiger partial charge in [-0.2, -0.15) is 0 Å². The van der Waals surface area contributed by atoms with E-state index in [1.807, 2.05) is 13.8 Å². The molecule has 16 heavy (non-hydrogen) atoms. The Morgan fingerprint density at radius 1 is 1.69 bits per heavy atom. The lowest BCUT2D eigenvalue weighted by Gasteiger charge is -2.27. The van der Waals surface area contributed by atoms with E-state index in [1.54, 1.807) is 0 Å². The fraction of sp³-hybridized carbons (Fsp3) is 0.615. The average Bonchev–Trinajstić information content (AvgIpc) is 2.23. The number of ether oxygens (including phenoxy) is 1. The fourth-order valence-electron chi connectivity index (χ4n) is 1.83. The van der Waals surface area contributed by atoms with Crippen LogP contribution in [0.4, 0.5) is 0 Å². The van der Waals surface area contributed by atoms with Crippen molar-refractivity contribution in [3.8, 4) is 12.3 Å². The number of carbonyl (C=O) groups excluding carboxylic acids is 1. The van der Waals surface area contributed by atoms with Gasteiger partial charge in [0.05, 0.1) is 6.10 Å². The molecule has 0 saturated heterocycles. The summed E-state index contributed by atoms with van der Waals surface area (Å²) in [5.74, 6) is 2.32. The highest BCUT2D eigenvalue weighted by Gasteiger charge is 2.27. The molecule has 2 atom stereocenters. The number of hydrogen-bond acceptors (Lipinski definition) is 3. The zero-order valence-corrected chi connectivity index (χ0v) is 9.82. The summed E-state index contributed by atoms with van der Waals surface area (Å²) < 4.78 is 5.29. The van der Waals surface area contributed by atoms with Crippen LogP contribution in [-0.2, 0) is 9.53 Å². The Bertz CT molecular complexity index is 336. The highest BCUT2D eigenvalue weighted by Crippen LogP contribution is 2.27. The highest BCUT2D eigenvalue weighted by atomic mass is 16.5. The lowest BCUT2D eigenvalue weighted by molar-refractivity contribution is -0.148. The van der Waals surface area contributed by atoms with Crippen LogP contribution in [0.2, 0.25) is 0 Å². The van der Waals surface area contributed by atoms with Gasteiger partial charge < -0.3 is 9.84 Å². The number of esters is 1. The van der Waals surface area contributed by atoms with Crippen molar-refractivity contribution < 1.29 is 14.6 Å². The van der Waals surface area contributed by atoms with E-state index in [1.165, 1.54) is 0 Å². The Kier molecular flexibility index (Phi) is 4.57. The Morgan fingerprint density at radius 2 is 2.38 bits per heavy atom. The summed E-state index contributed by atoms with van der Waals surface area (Å²) in [4.78, 5) is 11.4. The summed E-state index contributed by atoms with van der Waals surface area (Å²) in [6.07, 6.45) is 6.60. The molecule has 1 aliphatic carbocycles. The van der Waals surface area contributed by atoms with E-state index in [4.69, 9.17) is 11.2 Å². The predicted octanol–water partition coefficient (Wildman–Crippen LogP) is 1.80. The largest absolute Gasteiger partial charge is 0.458 e. The molecule has 3 nitrogen and oxygen atoms in total. The van der Waals surface area contributed by atoms with Crippen molar-refractivity contribution in [1.82, 2.24) is 0 Å². The molecule has 0 spiro atoms.